The highest BCUT2D eigenvalue weighted by atomic mass is 35.5. The molecule has 0 aliphatic carbocycles. The fraction of sp³-hybridized carbons (Fsp3) is 0.462. The van der Waals surface area contributed by atoms with Gasteiger partial charge in [0.15, 0.2) is 5.78 Å². The quantitative estimate of drug-likeness (QED) is 0.698. The van der Waals surface area contributed by atoms with Gasteiger partial charge in [-0.15, -0.1) is 11.6 Å². The zero-order chi connectivity index (χ0) is 11.6. The van der Waals surface area contributed by atoms with Gasteiger partial charge in [-0.25, -0.2) is 0 Å². The van der Waals surface area contributed by atoms with Crippen LogP contribution in [0.15, 0.2) is 24.3 Å². The summed E-state index contributed by atoms with van der Waals surface area (Å²) in [5.74, 6) is -0.0137. The van der Waals surface area contributed by atoms with Gasteiger partial charge in [-0.1, -0.05) is 45.0 Å². The van der Waals surface area contributed by atoms with Gasteiger partial charge in [0, 0.05) is 0 Å². The number of alkyl halides is 1. The minimum Gasteiger partial charge on any atom is -0.298 e. The number of hydrogen-bond acceptors (Lipinski definition) is 1. The molecule has 0 N–H and O–H groups in total. The summed E-state index contributed by atoms with van der Waals surface area (Å²) in [6.45, 7) is 7.98. The van der Waals surface area contributed by atoms with Gasteiger partial charge < -0.3 is 0 Å². The van der Waals surface area contributed by atoms with Crippen molar-refractivity contribution in [2.75, 3.05) is 0 Å². The smallest absolute Gasteiger partial charge is 0.152 e. The number of Topliss-reactive ketones (excluding diaryl/α,β-unsaturated/α-hetero) is 1. The highest BCUT2D eigenvalue weighted by Gasteiger charge is 2.16. The zero-order valence-electron chi connectivity index (χ0n) is 9.67. The lowest BCUT2D eigenvalue weighted by molar-refractivity contribution is -0.116. The summed E-state index contributed by atoms with van der Waals surface area (Å²) in [5, 5.41) is -0.515. The topological polar surface area (TPSA) is 17.1 Å². The van der Waals surface area contributed by atoms with Crippen molar-refractivity contribution < 1.29 is 4.79 Å². The number of rotatable bonds is 2. The number of benzene rings is 1. The number of ketones is 1. The molecule has 0 aliphatic heterocycles. The van der Waals surface area contributed by atoms with Gasteiger partial charge in [0.2, 0.25) is 0 Å². The van der Waals surface area contributed by atoms with Crippen LogP contribution >= 0.6 is 11.6 Å². The summed E-state index contributed by atoms with van der Waals surface area (Å²) in [7, 11) is 0. The van der Waals surface area contributed by atoms with Crippen molar-refractivity contribution in [3.63, 3.8) is 0 Å². The average Bonchev–Trinajstić information content (AvgIpc) is 2.15. The van der Waals surface area contributed by atoms with Gasteiger partial charge in [0.25, 0.3) is 0 Å². The molecule has 1 atom stereocenters. The lowest BCUT2D eigenvalue weighted by Crippen LogP contribution is -2.11. The van der Waals surface area contributed by atoms with Crippen LogP contribution in [-0.4, -0.2) is 5.78 Å². The molecule has 0 amide bonds. The van der Waals surface area contributed by atoms with Crippen molar-refractivity contribution in [3.8, 4) is 0 Å². The molecular weight excluding hydrogens is 208 g/mol. The Morgan fingerprint density at radius 3 is 2.00 bits per heavy atom. The molecule has 0 radical (unpaired) electrons. The van der Waals surface area contributed by atoms with Crippen molar-refractivity contribution in [2.45, 2.75) is 38.5 Å². The van der Waals surface area contributed by atoms with Crippen LogP contribution in [0.1, 0.15) is 44.2 Å². The predicted molar refractivity (Wildman–Crippen MR) is 64.4 cm³/mol. The minimum absolute atomic E-state index is 0.0137. The molecule has 0 saturated heterocycles. The molecule has 0 bridgehead atoms. The summed E-state index contributed by atoms with van der Waals surface area (Å²) in [6.07, 6.45) is 0. The molecule has 0 heterocycles. The van der Waals surface area contributed by atoms with Crippen LogP contribution < -0.4 is 0 Å². The second-order valence-corrected chi connectivity index (χ2v) is 5.28. The van der Waals surface area contributed by atoms with E-state index < -0.39 is 5.38 Å². The van der Waals surface area contributed by atoms with Crippen LogP contribution in [0, 0.1) is 0 Å². The van der Waals surface area contributed by atoms with E-state index in [1.807, 2.05) is 24.3 Å². The van der Waals surface area contributed by atoms with E-state index in [0.717, 1.165) is 5.56 Å². The van der Waals surface area contributed by atoms with Crippen LogP contribution in [0.4, 0.5) is 0 Å². The van der Waals surface area contributed by atoms with Crippen LogP contribution in [0.25, 0.3) is 0 Å². The maximum atomic E-state index is 11.1. The van der Waals surface area contributed by atoms with E-state index >= 15 is 0 Å². The highest BCUT2D eigenvalue weighted by Crippen LogP contribution is 2.26. The Morgan fingerprint density at radius 2 is 1.67 bits per heavy atom. The SMILES string of the molecule is CC(=O)C(Cl)c1ccc(C(C)(C)C)cc1. The molecule has 2 heteroatoms. The maximum absolute atomic E-state index is 11.1. The van der Waals surface area contributed by atoms with Gasteiger partial charge >= 0.3 is 0 Å². The van der Waals surface area contributed by atoms with Gasteiger partial charge in [0.1, 0.15) is 5.38 Å². The van der Waals surface area contributed by atoms with Gasteiger partial charge in [0.05, 0.1) is 0 Å². The standard InChI is InChI=1S/C13H17ClO/c1-9(15)12(14)10-5-7-11(8-6-10)13(2,3)4/h5-8,12H,1-4H3. The molecule has 1 nitrogen and oxygen atoms in total. The summed E-state index contributed by atoms with van der Waals surface area (Å²) in [5.41, 5.74) is 2.26. The second-order valence-electron chi connectivity index (χ2n) is 4.85. The number of hydrogen-bond donors (Lipinski definition) is 0. The normalized spacial score (nSPS) is 13.7. The largest absolute Gasteiger partial charge is 0.298 e. The van der Waals surface area contributed by atoms with Crippen molar-refractivity contribution in [1.29, 1.82) is 0 Å². The molecule has 1 aromatic rings. The Balaban J connectivity index is 2.95. The highest BCUT2D eigenvalue weighted by molar-refractivity contribution is 6.30. The van der Waals surface area contributed by atoms with E-state index in [4.69, 9.17) is 11.6 Å². The number of carbonyl (C=O) groups is 1. The Bertz CT molecular complexity index is 346. The van der Waals surface area contributed by atoms with Crippen molar-refractivity contribution in [2.24, 2.45) is 0 Å². The number of carbonyl (C=O) groups excluding carboxylic acids is 1. The third-order valence-corrected chi connectivity index (χ3v) is 2.99. The summed E-state index contributed by atoms with van der Waals surface area (Å²) in [6, 6.07) is 7.93. The van der Waals surface area contributed by atoms with Crippen LogP contribution in [0.3, 0.4) is 0 Å². The third-order valence-electron chi connectivity index (χ3n) is 2.43. The predicted octanol–water partition coefficient (Wildman–Crippen LogP) is 3.85. The Hall–Kier alpha value is -0.820. The summed E-state index contributed by atoms with van der Waals surface area (Å²) < 4.78 is 0. The first kappa shape index (κ1) is 12.3. The van der Waals surface area contributed by atoms with E-state index in [1.54, 1.807) is 0 Å². The first-order chi connectivity index (χ1) is 6.82. The molecule has 1 rings (SSSR count). The molecule has 15 heavy (non-hydrogen) atoms. The lowest BCUT2D eigenvalue weighted by atomic mass is 9.86. The Kier molecular flexibility index (Phi) is 3.56. The molecule has 0 aromatic heterocycles. The van der Waals surface area contributed by atoms with E-state index in [1.165, 1.54) is 12.5 Å². The van der Waals surface area contributed by atoms with E-state index in [-0.39, 0.29) is 11.2 Å². The summed E-state index contributed by atoms with van der Waals surface area (Å²) >= 11 is 5.96. The molecule has 0 fully saturated rings. The van der Waals surface area contributed by atoms with Crippen molar-refractivity contribution in [1.82, 2.24) is 0 Å². The molecular formula is C13H17ClO. The van der Waals surface area contributed by atoms with Gasteiger partial charge in [-0.2, -0.15) is 0 Å². The molecule has 1 aromatic carbocycles. The molecule has 1 unspecified atom stereocenters. The fourth-order valence-electron chi connectivity index (χ4n) is 1.39. The number of halogens is 1. The first-order valence-corrected chi connectivity index (χ1v) is 5.51. The van der Waals surface area contributed by atoms with Crippen LogP contribution in [-0.2, 0) is 10.2 Å². The molecule has 0 aliphatic rings. The Morgan fingerprint density at radius 1 is 1.20 bits per heavy atom. The summed E-state index contributed by atoms with van der Waals surface area (Å²) in [4.78, 5) is 11.1. The van der Waals surface area contributed by atoms with Gasteiger partial charge in [-0.3, -0.25) is 4.79 Å². The third kappa shape index (κ3) is 3.07. The van der Waals surface area contributed by atoms with E-state index in [2.05, 4.69) is 20.8 Å². The van der Waals surface area contributed by atoms with Crippen molar-refractivity contribution in [3.05, 3.63) is 35.4 Å². The van der Waals surface area contributed by atoms with Gasteiger partial charge in [-0.05, 0) is 23.5 Å². The maximum Gasteiger partial charge on any atom is 0.152 e. The van der Waals surface area contributed by atoms with Crippen LogP contribution in [0.2, 0.25) is 0 Å². The lowest BCUT2D eigenvalue weighted by Gasteiger charge is -2.19. The molecule has 0 spiro atoms. The second kappa shape index (κ2) is 4.36. The minimum atomic E-state index is -0.515. The Labute approximate surface area is 96.5 Å². The average molecular weight is 225 g/mol. The van der Waals surface area contributed by atoms with Crippen LogP contribution in [0.5, 0.6) is 0 Å². The fourth-order valence-corrected chi connectivity index (χ4v) is 1.53. The monoisotopic (exact) mass is 224 g/mol. The van der Waals surface area contributed by atoms with E-state index in [9.17, 15) is 4.79 Å². The zero-order valence-corrected chi connectivity index (χ0v) is 10.4. The molecule has 82 valence electrons. The molecule has 0 saturated carbocycles. The van der Waals surface area contributed by atoms with E-state index in [0.29, 0.717) is 0 Å². The first-order valence-electron chi connectivity index (χ1n) is 5.07. The van der Waals surface area contributed by atoms with Crippen molar-refractivity contribution >= 4 is 17.4 Å².